The van der Waals surface area contributed by atoms with E-state index in [1.807, 2.05) is 6.07 Å². The van der Waals surface area contributed by atoms with Gasteiger partial charge in [0.2, 0.25) is 0 Å². The largest absolute Gasteiger partial charge is 0.481 e. The molecule has 88 valence electrons. The second-order valence-electron chi connectivity index (χ2n) is 3.43. The highest BCUT2D eigenvalue weighted by atomic mass is 16.6. The number of rotatable bonds is 4. The van der Waals surface area contributed by atoms with Crippen molar-refractivity contribution in [1.82, 2.24) is 0 Å². The van der Waals surface area contributed by atoms with Crippen LogP contribution in [0.5, 0.6) is 0 Å². The van der Waals surface area contributed by atoms with Crippen LogP contribution in [0.25, 0.3) is 0 Å². The minimum Gasteiger partial charge on any atom is -0.481 e. The summed E-state index contributed by atoms with van der Waals surface area (Å²) in [7, 11) is 0. The van der Waals surface area contributed by atoms with Crippen LogP contribution < -0.4 is 0 Å². The van der Waals surface area contributed by atoms with Crippen LogP contribution in [0, 0.1) is 21.4 Å². The number of nitriles is 1. The number of carbonyl (C=O) groups is 1. The summed E-state index contributed by atoms with van der Waals surface area (Å²) in [5, 5.41) is 28.3. The number of carboxylic acid groups (broad SMARTS) is 1. The fourth-order valence-corrected chi connectivity index (χ4v) is 1.61. The molecule has 0 aliphatic carbocycles. The molecule has 1 N–H and O–H groups in total. The summed E-state index contributed by atoms with van der Waals surface area (Å²) in [4.78, 5) is 20.9. The summed E-state index contributed by atoms with van der Waals surface area (Å²) >= 11 is 0. The molecule has 0 fully saturated rings. The lowest BCUT2D eigenvalue weighted by atomic mass is 9.97. The molecule has 6 nitrogen and oxygen atoms in total. The molecule has 1 aromatic carbocycles. The number of benzene rings is 1. The van der Waals surface area contributed by atoms with E-state index in [0.717, 1.165) is 6.07 Å². The second kappa shape index (κ2) is 5.07. The Morgan fingerprint density at radius 2 is 2.24 bits per heavy atom. The van der Waals surface area contributed by atoms with Crippen molar-refractivity contribution in [1.29, 1.82) is 5.26 Å². The van der Waals surface area contributed by atoms with Gasteiger partial charge in [0.25, 0.3) is 5.69 Å². The third-order valence-corrected chi connectivity index (χ3v) is 2.35. The zero-order chi connectivity index (χ0) is 13.0. The molecule has 0 aliphatic rings. The van der Waals surface area contributed by atoms with Gasteiger partial charge >= 0.3 is 5.97 Å². The fourth-order valence-electron chi connectivity index (χ4n) is 1.61. The molecule has 0 aliphatic heterocycles. The molecule has 0 unspecified atom stereocenters. The maximum atomic E-state index is 10.8. The van der Waals surface area contributed by atoms with E-state index >= 15 is 0 Å². The number of nitro benzene ring substituents is 1. The van der Waals surface area contributed by atoms with Crippen LogP contribution in [0.2, 0.25) is 0 Å². The van der Waals surface area contributed by atoms with Crippen molar-refractivity contribution in [3.63, 3.8) is 0 Å². The van der Waals surface area contributed by atoms with Crippen LogP contribution in [0.1, 0.15) is 23.6 Å². The van der Waals surface area contributed by atoms with Crippen molar-refractivity contribution >= 4 is 11.7 Å². The van der Waals surface area contributed by atoms with Crippen molar-refractivity contribution in [2.24, 2.45) is 0 Å². The molecule has 0 bridgehead atoms. The van der Waals surface area contributed by atoms with Crippen molar-refractivity contribution < 1.29 is 14.8 Å². The average Bonchev–Trinajstić information content (AvgIpc) is 2.28. The molecule has 0 saturated carbocycles. The van der Waals surface area contributed by atoms with E-state index in [2.05, 4.69) is 0 Å². The zero-order valence-electron chi connectivity index (χ0n) is 9.14. The number of hydrogen-bond donors (Lipinski definition) is 1. The van der Waals surface area contributed by atoms with Crippen LogP contribution in [0.4, 0.5) is 5.69 Å². The van der Waals surface area contributed by atoms with E-state index < -0.39 is 17.3 Å². The lowest BCUT2D eigenvalue weighted by Crippen LogP contribution is -2.07. The Kier molecular flexibility index (Phi) is 3.78. The molecule has 0 amide bonds. The van der Waals surface area contributed by atoms with E-state index in [9.17, 15) is 14.9 Å². The Hall–Kier alpha value is -2.42. The molecule has 0 spiro atoms. The van der Waals surface area contributed by atoms with E-state index in [-0.39, 0.29) is 16.8 Å². The first kappa shape index (κ1) is 12.6. The lowest BCUT2D eigenvalue weighted by molar-refractivity contribution is -0.385. The monoisotopic (exact) mass is 234 g/mol. The van der Waals surface area contributed by atoms with Crippen LogP contribution in [-0.4, -0.2) is 16.0 Å². The Morgan fingerprint density at radius 1 is 1.59 bits per heavy atom. The summed E-state index contributed by atoms with van der Waals surface area (Å²) in [6.45, 7) is 1.76. The third kappa shape index (κ3) is 2.78. The van der Waals surface area contributed by atoms with Crippen molar-refractivity contribution in [3.8, 4) is 6.07 Å². The predicted molar refractivity (Wildman–Crippen MR) is 58.5 cm³/mol. The van der Waals surface area contributed by atoms with Gasteiger partial charge in [-0.25, -0.2) is 0 Å². The van der Waals surface area contributed by atoms with Crippen molar-refractivity contribution in [2.75, 3.05) is 0 Å². The molecule has 6 heteroatoms. The Bertz CT molecular complexity index is 517. The predicted octanol–water partition coefficient (Wildman–Crippen LogP) is 1.66. The zero-order valence-corrected chi connectivity index (χ0v) is 9.14. The molecule has 1 aromatic rings. The minimum absolute atomic E-state index is 0.169. The van der Waals surface area contributed by atoms with Gasteiger partial charge in [-0.15, -0.1) is 0 Å². The first-order valence-corrected chi connectivity index (χ1v) is 4.91. The molecule has 0 aromatic heterocycles. The van der Waals surface area contributed by atoms with Crippen LogP contribution in [-0.2, 0) is 17.6 Å². The summed E-state index contributed by atoms with van der Waals surface area (Å²) in [5.41, 5.74) is 0.563. The van der Waals surface area contributed by atoms with E-state index in [0.29, 0.717) is 12.0 Å². The summed E-state index contributed by atoms with van der Waals surface area (Å²) in [6, 6.07) is 4.43. The van der Waals surface area contributed by atoms with Gasteiger partial charge in [0.15, 0.2) is 0 Å². The number of nitro groups is 1. The molecule has 0 atom stereocenters. The standard InChI is InChI=1S/C11H10N2O4/c1-2-8-3-7(6-12)4-10(13(16)17)9(8)5-11(14)15/h3-4H,2,5H2,1H3,(H,14,15). The number of aliphatic carboxylic acids is 1. The van der Waals surface area contributed by atoms with Gasteiger partial charge < -0.3 is 5.11 Å². The third-order valence-electron chi connectivity index (χ3n) is 2.35. The second-order valence-corrected chi connectivity index (χ2v) is 3.43. The maximum absolute atomic E-state index is 10.8. The Labute approximate surface area is 97.3 Å². The topological polar surface area (TPSA) is 104 Å². The summed E-state index contributed by atoms with van der Waals surface area (Å²) in [5.74, 6) is -1.13. The van der Waals surface area contributed by atoms with Crippen molar-refractivity contribution in [3.05, 3.63) is 38.9 Å². The SMILES string of the molecule is CCc1cc(C#N)cc([N+](=O)[O-])c1CC(=O)O. The number of carboxylic acids is 1. The molecule has 1 rings (SSSR count). The van der Waals surface area contributed by atoms with Crippen molar-refractivity contribution in [2.45, 2.75) is 19.8 Å². The number of nitrogens with zero attached hydrogens (tertiary/aromatic N) is 2. The molecule has 17 heavy (non-hydrogen) atoms. The Balaban J connectivity index is 3.47. The number of aryl methyl sites for hydroxylation is 1. The van der Waals surface area contributed by atoms with Gasteiger partial charge in [0.1, 0.15) is 0 Å². The van der Waals surface area contributed by atoms with E-state index in [1.165, 1.54) is 6.07 Å². The van der Waals surface area contributed by atoms with Gasteiger partial charge in [0.05, 0.1) is 23.0 Å². The van der Waals surface area contributed by atoms with E-state index in [1.54, 1.807) is 6.92 Å². The summed E-state index contributed by atoms with van der Waals surface area (Å²) in [6.07, 6.45) is 0.0319. The smallest absolute Gasteiger partial charge is 0.308 e. The first-order chi connectivity index (χ1) is 7.99. The first-order valence-electron chi connectivity index (χ1n) is 4.91. The highest BCUT2D eigenvalue weighted by molar-refractivity contribution is 5.73. The van der Waals surface area contributed by atoms with Crippen LogP contribution >= 0.6 is 0 Å². The van der Waals surface area contributed by atoms with Crippen LogP contribution in [0.15, 0.2) is 12.1 Å². The van der Waals surface area contributed by atoms with Gasteiger partial charge in [-0.3, -0.25) is 14.9 Å². The molecular weight excluding hydrogens is 224 g/mol. The Morgan fingerprint density at radius 3 is 2.65 bits per heavy atom. The van der Waals surface area contributed by atoms with Crippen LogP contribution in [0.3, 0.4) is 0 Å². The average molecular weight is 234 g/mol. The molecule has 0 saturated heterocycles. The van der Waals surface area contributed by atoms with Gasteiger partial charge in [-0.2, -0.15) is 5.26 Å². The fraction of sp³-hybridized carbons (Fsp3) is 0.273. The number of hydrogen-bond acceptors (Lipinski definition) is 4. The lowest BCUT2D eigenvalue weighted by Gasteiger charge is -2.07. The summed E-state index contributed by atoms with van der Waals surface area (Å²) < 4.78 is 0. The highest BCUT2D eigenvalue weighted by Gasteiger charge is 2.20. The maximum Gasteiger partial charge on any atom is 0.308 e. The van der Waals surface area contributed by atoms with E-state index in [4.69, 9.17) is 10.4 Å². The highest BCUT2D eigenvalue weighted by Crippen LogP contribution is 2.25. The normalized spacial score (nSPS) is 9.65. The van der Waals surface area contributed by atoms with Gasteiger partial charge in [-0.1, -0.05) is 6.92 Å². The molecular formula is C11H10N2O4. The van der Waals surface area contributed by atoms with Gasteiger partial charge in [-0.05, 0) is 18.1 Å². The molecule has 0 radical (unpaired) electrons. The minimum atomic E-state index is -1.13. The quantitative estimate of drug-likeness (QED) is 0.630. The van der Waals surface area contributed by atoms with Gasteiger partial charge in [0, 0.05) is 11.6 Å². The molecule has 0 heterocycles.